The molecule has 4 heterocycles. The van der Waals surface area contributed by atoms with E-state index in [-0.39, 0.29) is 6.54 Å². The summed E-state index contributed by atoms with van der Waals surface area (Å²) in [7, 11) is 3.64. The Morgan fingerprint density at radius 3 is 2.68 bits per heavy atom. The molecule has 3 aromatic heterocycles. The van der Waals surface area contributed by atoms with Gasteiger partial charge in [-0.1, -0.05) is 12.1 Å². The fourth-order valence-electron chi connectivity index (χ4n) is 4.82. The second kappa shape index (κ2) is 10.9. The molecule has 0 saturated carbocycles. The zero-order valence-electron chi connectivity index (χ0n) is 21.4. The first kappa shape index (κ1) is 25.2. The van der Waals surface area contributed by atoms with Crippen molar-refractivity contribution in [1.82, 2.24) is 29.2 Å². The van der Waals surface area contributed by atoms with Gasteiger partial charge < -0.3 is 19.6 Å². The van der Waals surface area contributed by atoms with Crippen LogP contribution in [0.3, 0.4) is 0 Å². The van der Waals surface area contributed by atoms with Gasteiger partial charge in [0, 0.05) is 36.8 Å². The lowest BCUT2D eigenvalue weighted by atomic mass is 10.00. The van der Waals surface area contributed by atoms with Crippen molar-refractivity contribution in [3.05, 3.63) is 66.4 Å². The van der Waals surface area contributed by atoms with Crippen LogP contribution in [0, 0.1) is 17.2 Å². The zero-order chi connectivity index (χ0) is 26.6. The fraction of sp³-hybridized carbons (Fsp3) is 0.321. The van der Waals surface area contributed by atoms with Crippen molar-refractivity contribution in [3.63, 3.8) is 0 Å². The van der Waals surface area contributed by atoms with Crippen LogP contribution < -0.4 is 4.74 Å². The Morgan fingerprint density at radius 1 is 1.21 bits per heavy atom. The summed E-state index contributed by atoms with van der Waals surface area (Å²) in [5.74, 6) is 0.934. The first-order valence-corrected chi connectivity index (χ1v) is 12.5. The summed E-state index contributed by atoms with van der Waals surface area (Å²) in [5, 5.41) is 18.5. The van der Waals surface area contributed by atoms with E-state index in [1.54, 1.807) is 30.9 Å². The molecule has 1 saturated heterocycles. The van der Waals surface area contributed by atoms with Gasteiger partial charge in [0.15, 0.2) is 0 Å². The van der Waals surface area contributed by atoms with Gasteiger partial charge in [-0.25, -0.2) is 14.8 Å². The van der Waals surface area contributed by atoms with Crippen molar-refractivity contribution in [3.8, 4) is 34.5 Å². The third-order valence-electron chi connectivity index (χ3n) is 6.83. The topological polar surface area (TPSA) is 120 Å². The molecular weight excluding hydrogens is 482 g/mol. The average molecular weight is 512 g/mol. The number of carbonyl (C=O) groups is 1. The molecule has 10 heteroatoms. The summed E-state index contributed by atoms with van der Waals surface area (Å²) in [6.07, 6.45) is 6.44. The minimum absolute atomic E-state index is 0.181. The highest BCUT2D eigenvalue weighted by atomic mass is 16.5. The van der Waals surface area contributed by atoms with E-state index in [0.29, 0.717) is 35.4 Å². The maximum Gasteiger partial charge on any atom is 0.407 e. The number of nitrogens with zero attached hydrogens (tertiary/aromatic N) is 7. The number of carboxylic acid groups (broad SMARTS) is 1. The molecule has 0 spiro atoms. The maximum absolute atomic E-state index is 11.2. The summed E-state index contributed by atoms with van der Waals surface area (Å²) in [6.45, 7) is 2.85. The second-order valence-corrected chi connectivity index (χ2v) is 9.71. The van der Waals surface area contributed by atoms with Gasteiger partial charge in [0.1, 0.15) is 5.52 Å². The summed E-state index contributed by atoms with van der Waals surface area (Å²) in [5.41, 5.74) is 5.01. The number of ether oxygens (including phenoxy) is 1. The Hall–Kier alpha value is -4.49. The van der Waals surface area contributed by atoms with Crippen molar-refractivity contribution >= 4 is 11.6 Å². The van der Waals surface area contributed by atoms with Gasteiger partial charge >= 0.3 is 6.09 Å². The molecule has 5 rings (SSSR count). The summed E-state index contributed by atoms with van der Waals surface area (Å²) in [6, 6.07) is 13.1. The number of pyridine rings is 1. The monoisotopic (exact) mass is 511 g/mol. The lowest BCUT2D eigenvalue weighted by Gasteiger charge is -2.29. The van der Waals surface area contributed by atoms with E-state index in [9.17, 15) is 15.2 Å². The quantitative estimate of drug-likeness (QED) is 0.393. The van der Waals surface area contributed by atoms with E-state index in [2.05, 4.69) is 28.0 Å². The normalized spacial score (nSPS) is 15.8. The van der Waals surface area contributed by atoms with Gasteiger partial charge in [0.2, 0.25) is 5.88 Å². The lowest BCUT2D eigenvalue weighted by Crippen LogP contribution is -2.34. The minimum Gasteiger partial charge on any atom is -0.476 e. The predicted molar refractivity (Wildman–Crippen MR) is 142 cm³/mol. The van der Waals surface area contributed by atoms with E-state index >= 15 is 0 Å². The van der Waals surface area contributed by atoms with Crippen molar-refractivity contribution in [2.45, 2.75) is 19.4 Å². The average Bonchev–Trinajstić information content (AvgIpc) is 3.42. The maximum atomic E-state index is 11.2. The number of aromatic nitrogens is 4. The molecule has 38 heavy (non-hydrogen) atoms. The van der Waals surface area contributed by atoms with E-state index in [1.807, 2.05) is 28.7 Å². The molecule has 1 fully saturated rings. The molecule has 1 atom stereocenters. The number of hydrogen-bond donors (Lipinski definition) is 1. The van der Waals surface area contributed by atoms with E-state index in [0.717, 1.165) is 48.3 Å². The van der Waals surface area contributed by atoms with Gasteiger partial charge in [-0.3, -0.25) is 9.38 Å². The van der Waals surface area contributed by atoms with E-state index in [1.165, 1.54) is 11.9 Å². The summed E-state index contributed by atoms with van der Waals surface area (Å²) >= 11 is 0. The molecule has 194 valence electrons. The number of benzene rings is 1. The molecule has 0 radical (unpaired) electrons. The van der Waals surface area contributed by atoms with Crippen LogP contribution in [-0.4, -0.2) is 74.1 Å². The Morgan fingerprint density at radius 2 is 2.00 bits per heavy atom. The van der Waals surface area contributed by atoms with E-state index in [4.69, 9.17) is 9.72 Å². The molecule has 1 aromatic carbocycles. The Labute approximate surface area is 220 Å². The van der Waals surface area contributed by atoms with Crippen LogP contribution in [0.25, 0.3) is 28.0 Å². The second-order valence-electron chi connectivity index (χ2n) is 9.71. The van der Waals surface area contributed by atoms with Gasteiger partial charge in [-0.15, -0.1) is 0 Å². The first-order valence-electron chi connectivity index (χ1n) is 12.5. The van der Waals surface area contributed by atoms with Gasteiger partial charge in [-0.05, 0) is 50.7 Å². The highest BCUT2D eigenvalue weighted by Crippen LogP contribution is 2.35. The van der Waals surface area contributed by atoms with Crippen LogP contribution in [0.5, 0.6) is 5.88 Å². The number of imidazole rings is 1. The number of hydrogen-bond acceptors (Lipinski definition) is 7. The lowest BCUT2D eigenvalue weighted by molar-refractivity contribution is 0.148. The highest BCUT2D eigenvalue weighted by molar-refractivity contribution is 5.82. The van der Waals surface area contributed by atoms with Gasteiger partial charge in [-0.2, -0.15) is 5.26 Å². The minimum atomic E-state index is -1.02. The number of nitriles is 1. The molecule has 0 unspecified atom stereocenters. The molecule has 4 aromatic rings. The predicted octanol–water partition coefficient (Wildman–Crippen LogP) is 4.16. The standard InChI is InChI=1S/C28H29N7O3/c1-33-11-3-4-20(15-33)17-38-27-24-14-30-18-35(24)26(25(32-27)21-7-5-19(12-29)6-8-21)22-9-10-23(31-13-22)16-34(2)28(36)37/h5-10,13-14,18,20H,3-4,11,15-17H2,1-2H3,(H,36,37)/t20-/m1/s1. The molecular formula is C28H29N7O3. The Balaban J connectivity index is 1.56. The van der Waals surface area contributed by atoms with Gasteiger partial charge in [0.05, 0.1) is 54.4 Å². The number of piperidine rings is 1. The van der Waals surface area contributed by atoms with Crippen LogP contribution in [0.2, 0.25) is 0 Å². The van der Waals surface area contributed by atoms with Crippen molar-refractivity contribution in [1.29, 1.82) is 5.26 Å². The molecule has 10 nitrogen and oxygen atoms in total. The van der Waals surface area contributed by atoms with Crippen molar-refractivity contribution < 1.29 is 14.6 Å². The van der Waals surface area contributed by atoms with Gasteiger partial charge in [0.25, 0.3) is 0 Å². The third kappa shape index (κ3) is 5.28. The number of likely N-dealkylation sites (tertiary alicyclic amines) is 1. The highest BCUT2D eigenvalue weighted by Gasteiger charge is 2.22. The molecule has 1 amide bonds. The third-order valence-corrected chi connectivity index (χ3v) is 6.83. The number of fused-ring (bicyclic) bond motifs is 1. The van der Waals surface area contributed by atoms with Crippen molar-refractivity contribution in [2.24, 2.45) is 5.92 Å². The summed E-state index contributed by atoms with van der Waals surface area (Å²) < 4.78 is 8.27. The Kier molecular flexibility index (Phi) is 7.20. The summed E-state index contributed by atoms with van der Waals surface area (Å²) in [4.78, 5) is 28.6. The molecule has 0 bridgehead atoms. The van der Waals surface area contributed by atoms with Crippen LogP contribution in [-0.2, 0) is 6.54 Å². The smallest absolute Gasteiger partial charge is 0.407 e. The Bertz CT molecular complexity index is 1480. The first-order chi connectivity index (χ1) is 18.4. The van der Waals surface area contributed by atoms with Crippen LogP contribution >= 0.6 is 0 Å². The van der Waals surface area contributed by atoms with E-state index < -0.39 is 6.09 Å². The fourth-order valence-corrected chi connectivity index (χ4v) is 4.82. The van der Waals surface area contributed by atoms with Crippen molar-refractivity contribution in [2.75, 3.05) is 33.8 Å². The van der Waals surface area contributed by atoms with Crippen LogP contribution in [0.4, 0.5) is 4.79 Å². The molecule has 1 aliphatic rings. The SMILES string of the molecule is CN1CCC[C@@H](COc2nc(-c3ccc(C#N)cc3)c(-c3ccc(CN(C)C(=O)O)nc3)n3cncc23)C1. The molecule has 1 N–H and O–H groups in total. The number of amides is 1. The van der Waals surface area contributed by atoms with Crippen LogP contribution in [0.1, 0.15) is 24.1 Å². The number of rotatable bonds is 7. The molecule has 1 aliphatic heterocycles. The molecule has 0 aliphatic carbocycles. The largest absolute Gasteiger partial charge is 0.476 e. The van der Waals surface area contributed by atoms with Crippen LogP contribution in [0.15, 0.2) is 55.1 Å². The zero-order valence-corrected chi connectivity index (χ0v) is 21.4.